The monoisotopic (exact) mass is 314 g/mol. The van der Waals surface area contributed by atoms with E-state index in [0.717, 1.165) is 6.42 Å². The van der Waals surface area contributed by atoms with Crippen molar-refractivity contribution >= 4 is 11.9 Å². The summed E-state index contributed by atoms with van der Waals surface area (Å²) in [5.41, 5.74) is 5.75. The third-order valence-electron chi connectivity index (χ3n) is 3.31. The summed E-state index contributed by atoms with van der Waals surface area (Å²) in [5, 5.41) is 15.4. The Balaban J connectivity index is 0.000000224. The topological polar surface area (TPSA) is 74.6 Å². The number of carboxylic acid groups (broad SMARTS) is 2. The molecule has 23 heavy (non-hydrogen) atoms. The van der Waals surface area contributed by atoms with Gasteiger partial charge in [-0.25, -0.2) is 0 Å². The smallest absolute Gasteiger partial charge is 0.303 e. The van der Waals surface area contributed by atoms with E-state index in [1.54, 1.807) is 13.8 Å². The van der Waals surface area contributed by atoms with Gasteiger partial charge < -0.3 is 10.2 Å². The number of hydrogen-bond acceptors (Lipinski definition) is 2. The van der Waals surface area contributed by atoms with Gasteiger partial charge in [-0.15, -0.1) is 0 Å². The van der Waals surface area contributed by atoms with Crippen LogP contribution in [0.1, 0.15) is 37.8 Å². The Hall–Kier alpha value is -2.62. The van der Waals surface area contributed by atoms with E-state index in [-0.39, 0.29) is 12.8 Å². The molecule has 2 aromatic rings. The van der Waals surface area contributed by atoms with Crippen LogP contribution in [-0.2, 0) is 16.0 Å². The molecule has 0 radical (unpaired) electrons. The first kappa shape index (κ1) is 18.4. The van der Waals surface area contributed by atoms with E-state index in [0.29, 0.717) is 0 Å². The van der Waals surface area contributed by atoms with Gasteiger partial charge in [0, 0.05) is 12.8 Å². The molecule has 0 heterocycles. The summed E-state index contributed by atoms with van der Waals surface area (Å²) in [4.78, 5) is 18.7. The van der Waals surface area contributed by atoms with Gasteiger partial charge in [-0.1, -0.05) is 62.4 Å². The molecule has 0 spiro atoms. The molecule has 122 valence electrons. The van der Waals surface area contributed by atoms with Gasteiger partial charge in [0.25, 0.3) is 0 Å². The normalized spacial score (nSPS) is 10.2. The Morgan fingerprint density at radius 2 is 1.09 bits per heavy atom. The SMILES string of the molecule is CCC(=O)O.CCC(=O)O.c1ccc2c(c1)Cc1ccccc1-2. The van der Waals surface area contributed by atoms with Crippen molar-refractivity contribution in [1.82, 2.24) is 0 Å². The molecule has 1 aliphatic rings. The largest absolute Gasteiger partial charge is 0.481 e. The summed E-state index contributed by atoms with van der Waals surface area (Å²) < 4.78 is 0. The lowest BCUT2D eigenvalue weighted by atomic mass is 10.1. The third-order valence-corrected chi connectivity index (χ3v) is 3.31. The van der Waals surface area contributed by atoms with Crippen LogP contribution >= 0.6 is 0 Å². The van der Waals surface area contributed by atoms with Gasteiger partial charge in [0.2, 0.25) is 0 Å². The van der Waals surface area contributed by atoms with Gasteiger partial charge in [-0.2, -0.15) is 0 Å². The summed E-state index contributed by atoms with van der Waals surface area (Å²) in [5.74, 6) is -1.49. The highest BCUT2D eigenvalue weighted by atomic mass is 16.4. The first-order valence-electron chi connectivity index (χ1n) is 7.59. The molecule has 3 rings (SSSR count). The molecule has 0 unspecified atom stereocenters. The number of fused-ring (bicyclic) bond motifs is 3. The maximum absolute atomic E-state index is 9.37. The van der Waals surface area contributed by atoms with Crippen molar-refractivity contribution in [3.8, 4) is 11.1 Å². The molecule has 1 aliphatic carbocycles. The zero-order chi connectivity index (χ0) is 17.2. The van der Waals surface area contributed by atoms with Crippen molar-refractivity contribution in [3.63, 3.8) is 0 Å². The summed E-state index contributed by atoms with van der Waals surface area (Å²) >= 11 is 0. The minimum Gasteiger partial charge on any atom is -0.481 e. The minimum absolute atomic E-state index is 0.222. The minimum atomic E-state index is -0.745. The highest BCUT2D eigenvalue weighted by Gasteiger charge is 2.15. The maximum atomic E-state index is 9.37. The van der Waals surface area contributed by atoms with Crippen LogP contribution in [0.5, 0.6) is 0 Å². The molecule has 2 N–H and O–H groups in total. The lowest BCUT2D eigenvalue weighted by Gasteiger charge is -1.98. The van der Waals surface area contributed by atoms with Crippen molar-refractivity contribution in [2.75, 3.05) is 0 Å². The number of carbonyl (C=O) groups is 2. The van der Waals surface area contributed by atoms with Gasteiger partial charge in [0.05, 0.1) is 0 Å². The van der Waals surface area contributed by atoms with Crippen molar-refractivity contribution in [2.24, 2.45) is 0 Å². The standard InChI is InChI=1S/C13H10.2C3H6O2/c1-3-7-12-10(5-1)9-11-6-2-4-8-13(11)12;2*1-2-3(4)5/h1-8H,9H2;2*2H2,1H3,(H,4,5). The Kier molecular flexibility index (Phi) is 7.54. The van der Waals surface area contributed by atoms with Crippen LogP contribution in [0.4, 0.5) is 0 Å². The second-order valence-corrected chi connectivity index (χ2v) is 4.99. The van der Waals surface area contributed by atoms with Crippen LogP contribution in [0.25, 0.3) is 11.1 Å². The maximum Gasteiger partial charge on any atom is 0.303 e. The number of carboxylic acids is 2. The van der Waals surface area contributed by atoms with E-state index in [1.807, 2.05) is 0 Å². The van der Waals surface area contributed by atoms with Crippen molar-refractivity contribution in [2.45, 2.75) is 33.1 Å². The van der Waals surface area contributed by atoms with E-state index >= 15 is 0 Å². The van der Waals surface area contributed by atoms with E-state index in [2.05, 4.69) is 48.5 Å². The van der Waals surface area contributed by atoms with E-state index < -0.39 is 11.9 Å². The fourth-order valence-corrected chi connectivity index (χ4v) is 2.08. The van der Waals surface area contributed by atoms with Crippen LogP contribution in [0, 0.1) is 0 Å². The highest BCUT2D eigenvalue weighted by Crippen LogP contribution is 2.35. The molecule has 0 amide bonds. The zero-order valence-corrected chi connectivity index (χ0v) is 13.5. The second-order valence-electron chi connectivity index (χ2n) is 4.99. The Morgan fingerprint density at radius 1 is 0.783 bits per heavy atom. The summed E-state index contributed by atoms with van der Waals surface area (Å²) in [6.07, 6.45) is 1.55. The first-order chi connectivity index (χ1) is 11.0. The van der Waals surface area contributed by atoms with Gasteiger partial charge >= 0.3 is 11.9 Å². The first-order valence-corrected chi connectivity index (χ1v) is 7.59. The quantitative estimate of drug-likeness (QED) is 0.742. The molecular weight excluding hydrogens is 292 g/mol. The molecule has 0 aliphatic heterocycles. The van der Waals surface area contributed by atoms with Gasteiger partial charge in [0.1, 0.15) is 0 Å². The average molecular weight is 314 g/mol. The molecule has 0 aromatic heterocycles. The number of hydrogen-bond donors (Lipinski definition) is 2. The Labute approximate surface area is 136 Å². The molecule has 0 saturated heterocycles. The number of rotatable bonds is 2. The van der Waals surface area contributed by atoms with Crippen molar-refractivity contribution in [3.05, 3.63) is 59.7 Å². The lowest BCUT2D eigenvalue weighted by molar-refractivity contribution is -0.137. The van der Waals surface area contributed by atoms with Crippen LogP contribution in [0.2, 0.25) is 0 Å². The predicted octanol–water partition coefficient (Wildman–Crippen LogP) is 4.22. The molecular formula is C19H22O4. The van der Waals surface area contributed by atoms with Crippen molar-refractivity contribution < 1.29 is 19.8 Å². The van der Waals surface area contributed by atoms with Gasteiger partial charge in [0.15, 0.2) is 0 Å². The molecule has 0 bridgehead atoms. The molecule has 0 atom stereocenters. The number of aliphatic carboxylic acids is 2. The van der Waals surface area contributed by atoms with Crippen LogP contribution in [0.15, 0.2) is 48.5 Å². The molecule has 0 fully saturated rings. The van der Waals surface area contributed by atoms with Gasteiger partial charge in [-0.3, -0.25) is 9.59 Å². The highest BCUT2D eigenvalue weighted by molar-refractivity contribution is 5.76. The Morgan fingerprint density at radius 3 is 1.39 bits per heavy atom. The zero-order valence-electron chi connectivity index (χ0n) is 13.5. The van der Waals surface area contributed by atoms with Crippen molar-refractivity contribution in [1.29, 1.82) is 0 Å². The van der Waals surface area contributed by atoms with Crippen LogP contribution in [-0.4, -0.2) is 22.2 Å². The summed E-state index contributed by atoms with van der Waals surface area (Å²) in [7, 11) is 0. The third kappa shape index (κ3) is 5.94. The van der Waals surface area contributed by atoms with Gasteiger partial charge in [-0.05, 0) is 28.7 Å². The molecule has 4 heteroatoms. The predicted molar refractivity (Wildman–Crippen MR) is 90.5 cm³/mol. The van der Waals surface area contributed by atoms with Crippen LogP contribution < -0.4 is 0 Å². The average Bonchev–Trinajstić information content (AvgIpc) is 2.94. The van der Waals surface area contributed by atoms with E-state index in [1.165, 1.54) is 22.3 Å². The molecule has 2 aromatic carbocycles. The number of benzene rings is 2. The molecule has 4 nitrogen and oxygen atoms in total. The fourth-order valence-electron chi connectivity index (χ4n) is 2.08. The Bertz CT molecular complexity index is 604. The molecule has 0 saturated carbocycles. The second kappa shape index (κ2) is 9.41. The van der Waals surface area contributed by atoms with E-state index in [9.17, 15) is 9.59 Å². The summed E-state index contributed by atoms with van der Waals surface area (Å²) in [6.45, 7) is 3.20. The fraction of sp³-hybridized carbons (Fsp3) is 0.263. The van der Waals surface area contributed by atoms with Crippen LogP contribution in [0.3, 0.4) is 0 Å². The summed E-state index contributed by atoms with van der Waals surface area (Å²) in [6, 6.07) is 17.3. The lowest BCUT2D eigenvalue weighted by Crippen LogP contribution is -1.86. The van der Waals surface area contributed by atoms with E-state index in [4.69, 9.17) is 10.2 Å².